The molecule has 9 rings (SSSR count). The highest BCUT2D eigenvalue weighted by molar-refractivity contribution is 6.88. The summed E-state index contributed by atoms with van der Waals surface area (Å²) in [6, 6.07) is 46.5. The highest BCUT2D eigenvalue weighted by Crippen LogP contribution is 2.55. The van der Waals surface area contributed by atoms with Crippen molar-refractivity contribution in [3.63, 3.8) is 0 Å². The number of hydrogen-bond acceptors (Lipinski definition) is 2. The maximum absolute atomic E-state index is 2.79. The summed E-state index contributed by atoms with van der Waals surface area (Å²) in [5.74, 6) is 1.03. The van der Waals surface area contributed by atoms with E-state index in [1.807, 2.05) is 0 Å². The second-order valence-electron chi connectivity index (χ2n) is 34.7. The van der Waals surface area contributed by atoms with Crippen molar-refractivity contribution in [1.29, 1.82) is 0 Å². The molecular weight excluding hydrogens is 1030 g/mol. The van der Waals surface area contributed by atoms with Crippen molar-refractivity contribution in [3.8, 4) is 0 Å². The molecule has 0 aliphatic heterocycles. The van der Waals surface area contributed by atoms with Crippen LogP contribution in [0.5, 0.6) is 0 Å². The van der Waals surface area contributed by atoms with Crippen LogP contribution in [0, 0.1) is 0 Å². The molecule has 0 spiro atoms. The lowest BCUT2D eigenvalue weighted by Crippen LogP contribution is -2.39. The van der Waals surface area contributed by atoms with Crippen LogP contribution >= 0.6 is 0 Å². The van der Waals surface area contributed by atoms with Gasteiger partial charge < -0.3 is 9.80 Å². The minimum Gasteiger partial charge on any atom is -0.309 e. The van der Waals surface area contributed by atoms with Gasteiger partial charge in [0, 0.05) is 44.3 Å². The van der Waals surface area contributed by atoms with E-state index < -0.39 is 8.07 Å². The zero-order valence-corrected chi connectivity index (χ0v) is 58.5. The van der Waals surface area contributed by atoms with Gasteiger partial charge in [-0.05, 0) is 186 Å². The van der Waals surface area contributed by atoms with Crippen LogP contribution in [0.3, 0.4) is 0 Å². The number of rotatable bonds is 9. The van der Waals surface area contributed by atoms with Crippen molar-refractivity contribution in [2.45, 2.75) is 279 Å². The van der Waals surface area contributed by atoms with E-state index in [9.17, 15) is 0 Å². The fraction of sp³-hybridized carbons (Fsp3) is 0.531. The number of nitrogens with zero attached hydrogens (tertiary/aromatic N) is 2. The van der Waals surface area contributed by atoms with Gasteiger partial charge in [0.25, 0.3) is 0 Å². The van der Waals surface area contributed by atoms with Gasteiger partial charge in [0.15, 0.2) is 0 Å². The largest absolute Gasteiger partial charge is 0.309 e. The molecule has 0 unspecified atom stereocenters. The fourth-order valence-electron chi connectivity index (χ4n) is 13.3. The molecule has 3 heteroatoms. The van der Waals surface area contributed by atoms with Gasteiger partial charge in [-0.2, -0.15) is 0 Å². The van der Waals surface area contributed by atoms with Crippen LogP contribution < -0.4 is 15.0 Å². The summed E-state index contributed by atoms with van der Waals surface area (Å²) in [6.45, 7) is 58.1. The summed E-state index contributed by atoms with van der Waals surface area (Å²) in [4.78, 5) is 5.57. The zero-order valence-electron chi connectivity index (χ0n) is 57.5. The molecule has 0 radical (unpaired) electrons. The molecule has 0 heterocycles. The summed E-state index contributed by atoms with van der Waals surface area (Å²) < 4.78 is 0. The Labute approximate surface area is 514 Å². The van der Waals surface area contributed by atoms with Crippen molar-refractivity contribution in [3.05, 3.63) is 159 Å². The van der Waals surface area contributed by atoms with E-state index in [1.165, 1.54) is 175 Å². The van der Waals surface area contributed by atoms with Gasteiger partial charge in [0.05, 0.1) is 19.4 Å². The van der Waals surface area contributed by atoms with E-state index in [4.69, 9.17) is 0 Å². The van der Waals surface area contributed by atoms with Crippen molar-refractivity contribution in [1.82, 2.24) is 0 Å². The van der Waals surface area contributed by atoms with E-state index in [2.05, 4.69) is 284 Å². The Morgan fingerprint density at radius 3 is 0.786 bits per heavy atom. The molecule has 2 aliphatic rings. The molecule has 84 heavy (non-hydrogen) atoms. The molecular formula is C81H112N2Si. The SMILES string of the molecule is CC(C)(C)c1cc(N(c2cc(C(C)(C)C)cc(C(C)(C)C)c2)c2c3ccc(C4CCCCC4)cc3c(N(c3cc(C(C)(C)C)cc(C(C)(C)C)c3)c3cc(C(C)(C)C)cc([Si](C)(C)C)c3)c3ccc(C4CCCCC4)cc23)cc(C(C)(C)C)c1. The second-order valence-corrected chi connectivity index (χ2v) is 39.8. The zero-order chi connectivity index (χ0) is 61.7. The molecule has 2 saturated carbocycles. The number of fused-ring (bicyclic) bond motifs is 2. The van der Waals surface area contributed by atoms with E-state index >= 15 is 0 Å². The Bertz CT molecular complexity index is 3020. The van der Waals surface area contributed by atoms with E-state index in [0.29, 0.717) is 11.8 Å². The minimum absolute atomic E-state index is 0.0710. The molecule has 0 aromatic heterocycles. The average molecular weight is 1140 g/mol. The molecule has 7 aromatic carbocycles. The van der Waals surface area contributed by atoms with Crippen LogP contribution in [0.15, 0.2) is 109 Å². The van der Waals surface area contributed by atoms with Crippen LogP contribution in [0.4, 0.5) is 34.1 Å². The van der Waals surface area contributed by atoms with E-state index in [1.54, 1.807) is 0 Å². The summed E-state index contributed by atoms with van der Waals surface area (Å²) in [5.41, 5.74) is 19.5. The monoisotopic (exact) mass is 1140 g/mol. The average Bonchev–Trinajstić information content (AvgIpc) is 0.829. The summed E-state index contributed by atoms with van der Waals surface area (Å²) >= 11 is 0. The van der Waals surface area contributed by atoms with E-state index in [0.717, 1.165) is 0 Å². The van der Waals surface area contributed by atoms with Crippen LogP contribution in [0.25, 0.3) is 21.5 Å². The number of hydrogen-bond donors (Lipinski definition) is 0. The maximum Gasteiger partial charge on any atom is 0.0777 e. The van der Waals surface area contributed by atoms with Crippen molar-refractivity contribution >= 4 is 68.9 Å². The molecule has 0 saturated heterocycles. The lowest BCUT2D eigenvalue weighted by molar-refractivity contribution is 0.444. The third-order valence-corrected chi connectivity index (χ3v) is 21.4. The number of anilines is 6. The lowest BCUT2D eigenvalue weighted by Gasteiger charge is -2.37. The number of benzene rings is 7. The third-order valence-electron chi connectivity index (χ3n) is 19.3. The maximum atomic E-state index is 2.79. The van der Waals surface area contributed by atoms with Crippen molar-refractivity contribution < 1.29 is 0 Å². The molecule has 2 fully saturated rings. The van der Waals surface area contributed by atoms with Gasteiger partial charge in [0.2, 0.25) is 0 Å². The van der Waals surface area contributed by atoms with Crippen molar-refractivity contribution in [2.75, 3.05) is 9.80 Å². The summed E-state index contributed by atoms with van der Waals surface area (Å²) in [6.07, 6.45) is 12.8. The molecule has 7 aromatic rings. The summed E-state index contributed by atoms with van der Waals surface area (Å²) in [7, 11) is -1.88. The summed E-state index contributed by atoms with van der Waals surface area (Å²) in [5, 5.41) is 6.77. The highest BCUT2D eigenvalue weighted by atomic mass is 28.3. The highest BCUT2D eigenvalue weighted by Gasteiger charge is 2.34. The Morgan fingerprint density at radius 1 is 0.286 bits per heavy atom. The Kier molecular flexibility index (Phi) is 17.0. The molecule has 0 atom stereocenters. The molecule has 0 amide bonds. The van der Waals surface area contributed by atoms with Gasteiger partial charge in [-0.1, -0.05) is 257 Å². The van der Waals surface area contributed by atoms with Gasteiger partial charge >= 0.3 is 0 Å². The lowest BCUT2D eigenvalue weighted by atomic mass is 9.79. The normalized spacial score (nSPS) is 16.0. The van der Waals surface area contributed by atoms with Crippen LogP contribution in [-0.4, -0.2) is 8.07 Å². The first-order chi connectivity index (χ1) is 38.7. The van der Waals surface area contributed by atoms with Crippen LogP contribution in [0.2, 0.25) is 19.6 Å². The smallest absolute Gasteiger partial charge is 0.0777 e. The minimum atomic E-state index is -1.88. The predicted octanol–water partition coefficient (Wildman–Crippen LogP) is 24.7. The third kappa shape index (κ3) is 13.5. The Morgan fingerprint density at radius 2 is 0.536 bits per heavy atom. The van der Waals surface area contributed by atoms with Crippen LogP contribution in [-0.2, 0) is 37.9 Å². The van der Waals surface area contributed by atoms with Gasteiger partial charge in [-0.3, -0.25) is 0 Å². The Hall–Kier alpha value is -5.12. The first-order valence-corrected chi connectivity index (χ1v) is 36.5. The topological polar surface area (TPSA) is 6.48 Å². The van der Waals surface area contributed by atoms with Gasteiger partial charge in [-0.25, -0.2) is 0 Å². The van der Waals surface area contributed by atoms with Gasteiger partial charge in [-0.15, -0.1) is 0 Å². The van der Waals surface area contributed by atoms with Gasteiger partial charge in [0.1, 0.15) is 0 Å². The molecule has 0 N–H and O–H groups in total. The Balaban J connectivity index is 1.59. The molecule has 0 bridgehead atoms. The van der Waals surface area contributed by atoms with Crippen molar-refractivity contribution in [2.24, 2.45) is 0 Å². The predicted molar refractivity (Wildman–Crippen MR) is 376 cm³/mol. The molecule has 2 aliphatic carbocycles. The molecule has 450 valence electrons. The van der Waals surface area contributed by atoms with Crippen LogP contribution in [0.1, 0.15) is 272 Å². The second kappa shape index (κ2) is 22.5. The van der Waals surface area contributed by atoms with E-state index in [-0.39, 0.29) is 37.9 Å². The standard InChI is InChI=1S/C81H112N2Si/c1-75(2,3)57-41-58(76(4,5)6)45-64(44-57)82(65-46-59(77(7,8)9)42-60(47-65)78(10,11)12)73-69-37-35-56(54-33-29-26-30-34-54)40-72(69)74(70-38-36-55(39-71(70)73)53-31-27-25-28-32-53)83(66-48-61(79(13,14)15)43-62(49-66)80(16,17)18)67-50-63(81(19,20)21)51-68(52-67)84(22,23)24/h35-54H,25-34H2,1-24H3. The first-order valence-electron chi connectivity index (χ1n) is 33.0. The molecule has 2 nitrogen and oxygen atoms in total. The quantitative estimate of drug-likeness (QED) is 0.0807. The first kappa shape index (κ1) is 63.4. The fourth-order valence-corrected chi connectivity index (χ4v) is 14.5.